The van der Waals surface area contributed by atoms with Gasteiger partial charge in [-0.3, -0.25) is 0 Å². The molecule has 0 spiro atoms. The number of hydrogen-bond donors (Lipinski definition) is 1. The normalized spacial score (nSPS) is 10.5. The van der Waals surface area contributed by atoms with Gasteiger partial charge in [-0.05, 0) is 30.5 Å². The van der Waals surface area contributed by atoms with Crippen LogP contribution in [0, 0.1) is 12.3 Å². The number of nitrogens with one attached hydrogen (secondary N) is 1. The van der Waals surface area contributed by atoms with E-state index in [0.717, 1.165) is 32.4 Å². The van der Waals surface area contributed by atoms with Gasteiger partial charge in [0, 0.05) is 18.9 Å². The Bertz CT molecular complexity index is 500. The average molecular weight is 277 g/mol. The molecule has 0 atom stereocenters. The number of unbranched alkanes of at least 4 members (excludes halogenated alkanes) is 2. The quantitative estimate of drug-likeness (QED) is 0.563. The fraction of sp³-hybridized carbons (Fsp3) is 0.300. The second kappa shape index (κ2) is 9.00. The molecular formula is C20H23N. The van der Waals surface area contributed by atoms with E-state index in [-0.39, 0.29) is 0 Å². The van der Waals surface area contributed by atoms with Gasteiger partial charge in [-0.1, -0.05) is 60.7 Å². The van der Waals surface area contributed by atoms with Crippen LogP contribution in [0.5, 0.6) is 0 Å². The van der Waals surface area contributed by atoms with Crippen LogP contribution in [-0.2, 0) is 0 Å². The number of rotatable bonds is 8. The third-order valence-electron chi connectivity index (χ3n) is 3.68. The van der Waals surface area contributed by atoms with Crippen molar-refractivity contribution in [1.82, 2.24) is 5.32 Å². The highest BCUT2D eigenvalue weighted by Crippen LogP contribution is 2.23. The van der Waals surface area contributed by atoms with E-state index in [1.54, 1.807) is 0 Å². The summed E-state index contributed by atoms with van der Waals surface area (Å²) < 4.78 is 0. The van der Waals surface area contributed by atoms with Crippen molar-refractivity contribution >= 4 is 0 Å². The zero-order valence-corrected chi connectivity index (χ0v) is 12.5. The minimum Gasteiger partial charge on any atom is -0.316 e. The maximum atomic E-state index is 5.27. The maximum Gasteiger partial charge on any atom is 0.0214 e. The summed E-state index contributed by atoms with van der Waals surface area (Å²) >= 11 is 0. The topological polar surface area (TPSA) is 12.0 Å². The smallest absolute Gasteiger partial charge is 0.0214 e. The number of terminal acetylenes is 1. The van der Waals surface area contributed by atoms with Crippen LogP contribution < -0.4 is 5.32 Å². The molecule has 0 fully saturated rings. The van der Waals surface area contributed by atoms with Gasteiger partial charge in [0.05, 0.1) is 0 Å². The molecular weight excluding hydrogens is 254 g/mol. The van der Waals surface area contributed by atoms with Gasteiger partial charge < -0.3 is 5.32 Å². The summed E-state index contributed by atoms with van der Waals surface area (Å²) in [7, 11) is 0. The monoisotopic (exact) mass is 277 g/mol. The fourth-order valence-corrected chi connectivity index (χ4v) is 2.52. The molecule has 0 aliphatic rings. The molecule has 2 aromatic rings. The van der Waals surface area contributed by atoms with Crippen LogP contribution in [0.2, 0.25) is 0 Å². The first kappa shape index (κ1) is 15.4. The van der Waals surface area contributed by atoms with Crippen LogP contribution >= 0.6 is 0 Å². The predicted molar refractivity (Wildman–Crippen MR) is 90.3 cm³/mol. The van der Waals surface area contributed by atoms with Gasteiger partial charge in [-0.25, -0.2) is 0 Å². The summed E-state index contributed by atoms with van der Waals surface area (Å²) in [6, 6.07) is 21.4. The van der Waals surface area contributed by atoms with Crippen molar-refractivity contribution in [1.29, 1.82) is 0 Å². The van der Waals surface area contributed by atoms with Crippen molar-refractivity contribution in [3.05, 3.63) is 71.8 Å². The minimum absolute atomic E-state index is 0.403. The summed E-state index contributed by atoms with van der Waals surface area (Å²) in [6.07, 6.45) is 8.39. The zero-order valence-electron chi connectivity index (χ0n) is 12.5. The van der Waals surface area contributed by atoms with Crippen LogP contribution in [0.25, 0.3) is 0 Å². The molecule has 0 heterocycles. The third kappa shape index (κ3) is 5.10. The Morgan fingerprint density at radius 1 is 0.857 bits per heavy atom. The van der Waals surface area contributed by atoms with Gasteiger partial charge in [0.25, 0.3) is 0 Å². The molecule has 0 radical (unpaired) electrons. The molecule has 0 aliphatic carbocycles. The van der Waals surface area contributed by atoms with Crippen molar-refractivity contribution in [2.24, 2.45) is 0 Å². The van der Waals surface area contributed by atoms with Gasteiger partial charge in [-0.15, -0.1) is 12.3 Å². The second-order valence-electron chi connectivity index (χ2n) is 5.24. The van der Waals surface area contributed by atoms with Gasteiger partial charge in [0.2, 0.25) is 0 Å². The third-order valence-corrected chi connectivity index (χ3v) is 3.68. The summed E-state index contributed by atoms with van der Waals surface area (Å²) in [5, 5.41) is 3.57. The van der Waals surface area contributed by atoms with Gasteiger partial charge in [0.1, 0.15) is 0 Å². The maximum absolute atomic E-state index is 5.27. The first-order valence-corrected chi connectivity index (χ1v) is 7.66. The zero-order chi connectivity index (χ0) is 14.8. The number of benzene rings is 2. The van der Waals surface area contributed by atoms with E-state index < -0.39 is 0 Å². The van der Waals surface area contributed by atoms with Crippen molar-refractivity contribution in [2.45, 2.75) is 25.2 Å². The molecule has 0 bridgehead atoms. The lowest BCUT2D eigenvalue weighted by atomic mass is 9.91. The van der Waals surface area contributed by atoms with Crippen LogP contribution in [0.1, 0.15) is 36.3 Å². The van der Waals surface area contributed by atoms with E-state index in [2.05, 4.69) is 71.9 Å². The van der Waals surface area contributed by atoms with Crippen LogP contribution in [0.15, 0.2) is 60.7 Å². The van der Waals surface area contributed by atoms with E-state index in [9.17, 15) is 0 Å². The molecule has 1 heteroatoms. The first-order valence-electron chi connectivity index (χ1n) is 7.66. The molecule has 0 aliphatic heterocycles. The first-order chi connectivity index (χ1) is 10.4. The lowest BCUT2D eigenvalue weighted by molar-refractivity contribution is 0.599. The molecule has 0 saturated heterocycles. The minimum atomic E-state index is 0.403. The van der Waals surface area contributed by atoms with E-state index in [0.29, 0.717) is 5.92 Å². The van der Waals surface area contributed by atoms with Crippen molar-refractivity contribution in [3.8, 4) is 12.3 Å². The molecule has 0 unspecified atom stereocenters. The second-order valence-corrected chi connectivity index (χ2v) is 5.24. The Hall–Kier alpha value is -2.04. The van der Waals surface area contributed by atoms with E-state index in [1.165, 1.54) is 11.1 Å². The summed E-state index contributed by atoms with van der Waals surface area (Å²) in [6.45, 7) is 1.99. The molecule has 0 amide bonds. The summed E-state index contributed by atoms with van der Waals surface area (Å²) in [5.41, 5.74) is 2.72. The molecule has 1 N–H and O–H groups in total. The summed E-state index contributed by atoms with van der Waals surface area (Å²) in [4.78, 5) is 0. The largest absolute Gasteiger partial charge is 0.316 e. The molecule has 0 saturated carbocycles. The highest BCUT2D eigenvalue weighted by atomic mass is 14.9. The van der Waals surface area contributed by atoms with E-state index in [4.69, 9.17) is 6.42 Å². The van der Waals surface area contributed by atoms with Gasteiger partial charge >= 0.3 is 0 Å². The van der Waals surface area contributed by atoms with Gasteiger partial charge in [-0.2, -0.15) is 0 Å². The van der Waals surface area contributed by atoms with E-state index >= 15 is 0 Å². The highest BCUT2D eigenvalue weighted by Gasteiger charge is 2.12. The molecule has 108 valence electrons. The molecule has 1 nitrogen and oxygen atoms in total. The van der Waals surface area contributed by atoms with Crippen molar-refractivity contribution in [2.75, 3.05) is 13.1 Å². The standard InChI is InChI=1S/C20H23N/c1-2-3-4-11-16-21-17-20(18-12-7-5-8-13-18)19-14-9-6-10-15-19/h1,5-10,12-15,20-21H,3-4,11,16-17H2. The lowest BCUT2D eigenvalue weighted by Gasteiger charge is -2.19. The Labute approximate surface area is 128 Å². The van der Waals surface area contributed by atoms with Crippen LogP contribution in [0.4, 0.5) is 0 Å². The van der Waals surface area contributed by atoms with Crippen molar-refractivity contribution < 1.29 is 0 Å². The molecule has 2 rings (SSSR count). The van der Waals surface area contributed by atoms with Crippen molar-refractivity contribution in [3.63, 3.8) is 0 Å². The molecule has 0 aromatic heterocycles. The SMILES string of the molecule is C#CCCCCNCC(c1ccccc1)c1ccccc1. The average Bonchev–Trinajstić information content (AvgIpc) is 2.56. The van der Waals surface area contributed by atoms with E-state index in [1.807, 2.05) is 0 Å². The van der Waals surface area contributed by atoms with Crippen LogP contribution in [-0.4, -0.2) is 13.1 Å². The molecule has 2 aromatic carbocycles. The molecule has 21 heavy (non-hydrogen) atoms. The Morgan fingerprint density at radius 2 is 1.43 bits per heavy atom. The fourth-order valence-electron chi connectivity index (χ4n) is 2.52. The highest BCUT2D eigenvalue weighted by molar-refractivity contribution is 5.32. The lowest BCUT2D eigenvalue weighted by Crippen LogP contribution is -2.23. The van der Waals surface area contributed by atoms with Gasteiger partial charge in [0.15, 0.2) is 0 Å². The Morgan fingerprint density at radius 3 is 1.95 bits per heavy atom. The number of hydrogen-bond acceptors (Lipinski definition) is 1. The summed E-state index contributed by atoms with van der Waals surface area (Å²) in [5.74, 6) is 3.09. The van der Waals surface area contributed by atoms with Crippen LogP contribution in [0.3, 0.4) is 0 Å². The predicted octanol–water partition coefficient (Wildman–Crippen LogP) is 4.21. The Kier molecular flexibility index (Phi) is 6.58. The Balaban J connectivity index is 1.96.